The highest BCUT2D eigenvalue weighted by molar-refractivity contribution is 6.30. The number of hydrogen-bond acceptors (Lipinski definition) is 6. The average Bonchev–Trinajstić information content (AvgIpc) is 3.51. The van der Waals surface area contributed by atoms with E-state index in [4.69, 9.17) is 16.1 Å². The van der Waals surface area contributed by atoms with Crippen molar-refractivity contribution in [3.8, 4) is 0 Å². The van der Waals surface area contributed by atoms with Crippen molar-refractivity contribution in [3.63, 3.8) is 0 Å². The molecule has 3 heterocycles. The van der Waals surface area contributed by atoms with Gasteiger partial charge in [-0.1, -0.05) is 35.0 Å². The van der Waals surface area contributed by atoms with Crippen LogP contribution in [0.15, 0.2) is 64.2 Å². The third-order valence-corrected chi connectivity index (χ3v) is 6.15. The molecule has 0 unspecified atom stereocenters. The Morgan fingerprint density at radius 3 is 2.74 bits per heavy atom. The minimum absolute atomic E-state index is 0.0556. The van der Waals surface area contributed by atoms with Crippen molar-refractivity contribution in [2.75, 3.05) is 5.32 Å². The summed E-state index contributed by atoms with van der Waals surface area (Å²) in [6.45, 7) is 0.0555. The SMILES string of the molecule is O=C(Cn1c2ccccc2c2ncn(Cc3nc(C4CC4)no3)c(=O)c21)Nc1ccc(Cl)cc1. The van der Waals surface area contributed by atoms with Crippen molar-refractivity contribution in [1.82, 2.24) is 24.3 Å². The molecule has 0 spiro atoms. The predicted molar refractivity (Wildman–Crippen MR) is 127 cm³/mol. The van der Waals surface area contributed by atoms with Gasteiger partial charge >= 0.3 is 0 Å². The number of para-hydroxylation sites is 1. The van der Waals surface area contributed by atoms with Crippen LogP contribution in [-0.2, 0) is 17.9 Å². The molecular weight excluding hydrogens is 456 g/mol. The van der Waals surface area contributed by atoms with E-state index in [2.05, 4.69) is 20.4 Å². The van der Waals surface area contributed by atoms with Crippen LogP contribution in [0.3, 0.4) is 0 Å². The highest BCUT2D eigenvalue weighted by atomic mass is 35.5. The first kappa shape index (κ1) is 20.6. The maximum absolute atomic E-state index is 13.5. The molecule has 0 bridgehead atoms. The molecule has 0 atom stereocenters. The summed E-state index contributed by atoms with van der Waals surface area (Å²) in [5.74, 6) is 1.13. The second kappa shape index (κ2) is 8.11. The molecule has 5 aromatic rings. The fourth-order valence-electron chi connectivity index (χ4n) is 4.09. The molecule has 170 valence electrons. The minimum atomic E-state index is -0.285. The number of fused-ring (bicyclic) bond motifs is 3. The molecule has 0 saturated heterocycles. The number of benzene rings is 2. The molecule has 1 aliphatic rings. The van der Waals surface area contributed by atoms with Crippen molar-refractivity contribution in [2.24, 2.45) is 0 Å². The number of carbonyl (C=O) groups excluding carboxylic acids is 1. The molecule has 9 nitrogen and oxygen atoms in total. The summed E-state index contributed by atoms with van der Waals surface area (Å²) in [4.78, 5) is 35.4. The summed E-state index contributed by atoms with van der Waals surface area (Å²) in [5.41, 5.74) is 1.97. The first-order chi connectivity index (χ1) is 16.6. The van der Waals surface area contributed by atoms with Gasteiger partial charge in [0.05, 0.1) is 11.8 Å². The molecule has 3 aromatic heterocycles. The maximum Gasteiger partial charge on any atom is 0.278 e. The maximum atomic E-state index is 13.5. The van der Waals surface area contributed by atoms with Crippen LogP contribution in [0.25, 0.3) is 21.9 Å². The van der Waals surface area contributed by atoms with Gasteiger partial charge in [0.2, 0.25) is 11.8 Å². The molecule has 1 aliphatic carbocycles. The second-order valence-corrected chi connectivity index (χ2v) is 8.79. The largest absolute Gasteiger partial charge is 0.337 e. The summed E-state index contributed by atoms with van der Waals surface area (Å²) < 4.78 is 8.47. The van der Waals surface area contributed by atoms with Crippen molar-refractivity contribution in [1.29, 1.82) is 0 Å². The van der Waals surface area contributed by atoms with E-state index >= 15 is 0 Å². The second-order valence-electron chi connectivity index (χ2n) is 8.35. The van der Waals surface area contributed by atoms with E-state index in [1.165, 1.54) is 10.9 Å². The summed E-state index contributed by atoms with van der Waals surface area (Å²) in [7, 11) is 0. The van der Waals surface area contributed by atoms with Gasteiger partial charge in [-0.2, -0.15) is 4.98 Å². The number of nitrogens with one attached hydrogen (secondary N) is 1. The van der Waals surface area contributed by atoms with Gasteiger partial charge in [0.1, 0.15) is 24.1 Å². The summed E-state index contributed by atoms with van der Waals surface area (Å²) >= 11 is 5.93. The van der Waals surface area contributed by atoms with Gasteiger partial charge in [0.25, 0.3) is 5.56 Å². The predicted octanol–water partition coefficient (Wildman–Crippen LogP) is 3.95. The van der Waals surface area contributed by atoms with Gasteiger partial charge in [-0.15, -0.1) is 0 Å². The van der Waals surface area contributed by atoms with E-state index in [9.17, 15) is 9.59 Å². The molecule has 1 saturated carbocycles. The first-order valence-corrected chi connectivity index (χ1v) is 11.3. The number of rotatable bonds is 6. The number of carbonyl (C=O) groups is 1. The number of anilines is 1. The molecular formula is C24H19ClN6O3. The molecule has 2 aromatic carbocycles. The Bertz CT molecular complexity index is 1600. The van der Waals surface area contributed by atoms with Crippen molar-refractivity contribution in [3.05, 3.63) is 81.9 Å². The van der Waals surface area contributed by atoms with Crippen LogP contribution < -0.4 is 10.9 Å². The van der Waals surface area contributed by atoms with E-state index in [1.807, 2.05) is 24.3 Å². The summed E-state index contributed by atoms with van der Waals surface area (Å²) in [5, 5.41) is 8.25. The van der Waals surface area contributed by atoms with Gasteiger partial charge < -0.3 is 14.4 Å². The van der Waals surface area contributed by atoms with Crippen molar-refractivity contribution in [2.45, 2.75) is 31.8 Å². The Balaban J connectivity index is 1.38. The smallest absolute Gasteiger partial charge is 0.278 e. The van der Waals surface area contributed by atoms with Crippen LogP contribution in [0, 0.1) is 0 Å². The zero-order valence-corrected chi connectivity index (χ0v) is 18.7. The zero-order chi connectivity index (χ0) is 23.2. The number of hydrogen-bond donors (Lipinski definition) is 1. The number of nitrogens with zero attached hydrogens (tertiary/aromatic N) is 5. The lowest BCUT2D eigenvalue weighted by atomic mass is 10.2. The Morgan fingerprint density at radius 1 is 1.15 bits per heavy atom. The lowest BCUT2D eigenvalue weighted by Gasteiger charge is -2.09. The van der Waals surface area contributed by atoms with Gasteiger partial charge in [-0.25, -0.2) is 4.98 Å². The van der Waals surface area contributed by atoms with Crippen molar-refractivity contribution < 1.29 is 9.32 Å². The van der Waals surface area contributed by atoms with E-state index in [-0.39, 0.29) is 24.6 Å². The molecule has 10 heteroatoms. The quantitative estimate of drug-likeness (QED) is 0.399. The minimum Gasteiger partial charge on any atom is -0.337 e. The molecule has 0 radical (unpaired) electrons. The van der Waals surface area contributed by atoms with E-state index in [1.54, 1.807) is 28.8 Å². The highest BCUT2D eigenvalue weighted by Crippen LogP contribution is 2.38. The topological polar surface area (TPSA) is 108 Å². The Labute approximate surface area is 198 Å². The number of aromatic nitrogens is 5. The molecule has 1 amide bonds. The molecule has 0 aliphatic heterocycles. The summed E-state index contributed by atoms with van der Waals surface area (Å²) in [6.07, 6.45) is 3.60. The molecule has 6 rings (SSSR count). The van der Waals surface area contributed by atoms with Crippen LogP contribution in [0.5, 0.6) is 0 Å². The lowest BCUT2D eigenvalue weighted by molar-refractivity contribution is -0.116. The van der Waals surface area contributed by atoms with Gasteiger partial charge in [-0.3, -0.25) is 14.2 Å². The van der Waals surface area contributed by atoms with Gasteiger partial charge in [0, 0.05) is 22.0 Å². The highest BCUT2D eigenvalue weighted by Gasteiger charge is 2.29. The third-order valence-electron chi connectivity index (χ3n) is 5.90. The average molecular weight is 475 g/mol. The molecule has 34 heavy (non-hydrogen) atoms. The van der Waals surface area contributed by atoms with Crippen LogP contribution >= 0.6 is 11.6 Å². The third kappa shape index (κ3) is 3.73. The Kier molecular flexibility index (Phi) is 4.91. The summed E-state index contributed by atoms with van der Waals surface area (Å²) in [6, 6.07) is 14.4. The normalized spacial score (nSPS) is 13.6. The van der Waals surface area contributed by atoms with Crippen molar-refractivity contribution >= 4 is 45.1 Å². The number of amides is 1. The Morgan fingerprint density at radius 2 is 1.94 bits per heavy atom. The standard InChI is InChI=1S/C24H19ClN6O3/c25-15-7-9-16(10-8-15)27-19(32)11-31-18-4-2-1-3-17(18)21-22(31)24(33)30(13-26-21)12-20-28-23(29-34-20)14-5-6-14/h1-4,7-10,13-14H,5-6,11-12H2,(H,27,32). The van der Waals surface area contributed by atoms with Crippen LogP contribution in [0.1, 0.15) is 30.5 Å². The lowest BCUT2D eigenvalue weighted by Crippen LogP contribution is -2.25. The first-order valence-electron chi connectivity index (χ1n) is 10.9. The molecule has 1 fully saturated rings. The zero-order valence-electron chi connectivity index (χ0n) is 17.9. The van der Waals surface area contributed by atoms with Crippen LogP contribution in [-0.4, -0.2) is 30.2 Å². The van der Waals surface area contributed by atoms with E-state index in [0.717, 1.165) is 23.7 Å². The monoisotopic (exact) mass is 474 g/mol. The Hall–Kier alpha value is -3.98. The molecule has 1 N–H and O–H groups in total. The number of halogens is 1. The van der Waals surface area contributed by atoms with E-state index in [0.29, 0.717) is 39.4 Å². The fraction of sp³-hybridized carbons (Fsp3) is 0.208. The van der Waals surface area contributed by atoms with Gasteiger partial charge in [-0.05, 0) is 43.2 Å². The fourth-order valence-corrected chi connectivity index (χ4v) is 4.21. The van der Waals surface area contributed by atoms with Crippen LogP contribution in [0.4, 0.5) is 5.69 Å². The van der Waals surface area contributed by atoms with E-state index < -0.39 is 0 Å². The van der Waals surface area contributed by atoms with Gasteiger partial charge in [0.15, 0.2) is 5.82 Å². The van der Waals surface area contributed by atoms with Crippen LogP contribution in [0.2, 0.25) is 5.02 Å².